The van der Waals surface area contributed by atoms with Crippen LogP contribution in [0.3, 0.4) is 0 Å². The quantitative estimate of drug-likeness (QED) is 0.719. The van der Waals surface area contributed by atoms with E-state index in [1.54, 1.807) is 0 Å². The van der Waals surface area contributed by atoms with E-state index in [0.29, 0.717) is 24.7 Å². The maximum absolute atomic E-state index is 9.97. The van der Waals surface area contributed by atoms with Gasteiger partial charge in [-0.2, -0.15) is 0 Å². The van der Waals surface area contributed by atoms with Gasteiger partial charge in [0.15, 0.2) is 0 Å². The standard InChI is InChI=1S/C17H31NO2/c1-2-13-5-3-4-6-16(13)20-12-17(11-19,14-7-8-14)18-15-9-10-15/h13-16,18-19H,2-12H2,1H3. The predicted molar refractivity (Wildman–Crippen MR) is 80.7 cm³/mol. The molecule has 3 rings (SSSR count). The second kappa shape index (κ2) is 6.33. The molecule has 0 radical (unpaired) electrons. The highest BCUT2D eigenvalue weighted by atomic mass is 16.5. The number of hydrogen-bond donors (Lipinski definition) is 2. The Morgan fingerprint density at radius 2 is 1.85 bits per heavy atom. The van der Waals surface area contributed by atoms with Crippen LogP contribution in [0, 0.1) is 11.8 Å². The summed E-state index contributed by atoms with van der Waals surface area (Å²) in [7, 11) is 0. The van der Waals surface area contributed by atoms with E-state index >= 15 is 0 Å². The third kappa shape index (κ3) is 3.37. The Morgan fingerprint density at radius 1 is 1.10 bits per heavy atom. The van der Waals surface area contributed by atoms with Crippen molar-refractivity contribution in [1.29, 1.82) is 0 Å². The van der Waals surface area contributed by atoms with E-state index in [2.05, 4.69) is 12.2 Å². The van der Waals surface area contributed by atoms with Gasteiger partial charge in [-0.15, -0.1) is 0 Å². The lowest BCUT2D eigenvalue weighted by Gasteiger charge is -2.38. The van der Waals surface area contributed by atoms with Crippen molar-refractivity contribution >= 4 is 0 Å². The molecule has 3 fully saturated rings. The summed E-state index contributed by atoms with van der Waals surface area (Å²) in [5.74, 6) is 1.37. The maximum atomic E-state index is 9.97. The van der Waals surface area contributed by atoms with E-state index in [0.717, 1.165) is 5.92 Å². The Morgan fingerprint density at radius 3 is 2.45 bits per heavy atom. The molecule has 0 spiro atoms. The van der Waals surface area contributed by atoms with Gasteiger partial charge < -0.3 is 15.2 Å². The molecule has 0 amide bonds. The third-order valence-corrected chi connectivity index (χ3v) is 5.63. The van der Waals surface area contributed by atoms with Crippen molar-refractivity contribution in [3.8, 4) is 0 Å². The summed E-state index contributed by atoms with van der Waals surface area (Å²) < 4.78 is 6.35. The van der Waals surface area contributed by atoms with E-state index in [9.17, 15) is 5.11 Å². The molecule has 0 bridgehead atoms. The molecule has 3 aliphatic carbocycles. The van der Waals surface area contributed by atoms with Gasteiger partial charge in [0.2, 0.25) is 0 Å². The topological polar surface area (TPSA) is 41.5 Å². The van der Waals surface area contributed by atoms with Crippen LogP contribution in [0.25, 0.3) is 0 Å². The molecule has 0 aromatic heterocycles. The van der Waals surface area contributed by atoms with E-state index in [1.165, 1.54) is 57.8 Å². The Hall–Kier alpha value is -0.120. The van der Waals surface area contributed by atoms with Crippen LogP contribution in [0.1, 0.15) is 64.7 Å². The Labute approximate surface area is 123 Å². The molecule has 0 heterocycles. The summed E-state index contributed by atoms with van der Waals surface area (Å²) in [4.78, 5) is 0. The SMILES string of the molecule is CCC1CCCCC1OCC(CO)(NC1CC1)C1CC1. The molecule has 2 N–H and O–H groups in total. The van der Waals surface area contributed by atoms with Crippen molar-refractivity contribution in [2.75, 3.05) is 13.2 Å². The smallest absolute Gasteiger partial charge is 0.0681 e. The average Bonchev–Trinajstić information content (AvgIpc) is 3.37. The Balaban J connectivity index is 1.57. The van der Waals surface area contributed by atoms with Crippen molar-refractivity contribution in [1.82, 2.24) is 5.32 Å². The zero-order chi connectivity index (χ0) is 14.0. The predicted octanol–water partition coefficient (Wildman–Crippen LogP) is 2.86. The molecule has 3 unspecified atom stereocenters. The molecule has 3 nitrogen and oxygen atoms in total. The van der Waals surface area contributed by atoms with Crippen molar-refractivity contribution < 1.29 is 9.84 Å². The lowest BCUT2D eigenvalue weighted by Crippen LogP contribution is -2.56. The maximum Gasteiger partial charge on any atom is 0.0681 e. The molecule has 0 aromatic carbocycles. The van der Waals surface area contributed by atoms with Gasteiger partial charge in [-0.3, -0.25) is 0 Å². The number of rotatable bonds is 8. The molecule has 3 saturated carbocycles. The minimum Gasteiger partial charge on any atom is -0.394 e. The summed E-state index contributed by atoms with van der Waals surface area (Å²) in [6.07, 6.45) is 11.9. The van der Waals surface area contributed by atoms with Gasteiger partial charge in [-0.05, 0) is 50.4 Å². The second-order valence-electron chi connectivity index (χ2n) is 7.31. The van der Waals surface area contributed by atoms with Gasteiger partial charge in [-0.1, -0.05) is 26.2 Å². The Kier molecular flexibility index (Phi) is 4.68. The molecule has 3 heteroatoms. The molecule has 20 heavy (non-hydrogen) atoms. The van der Waals surface area contributed by atoms with Gasteiger partial charge >= 0.3 is 0 Å². The molecular formula is C17H31NO2. The minimum atomic E-state index is -0.142. The van der Waals surface area contributed by atoms with Crippen molar-refractivity contribution in [3.63, 3.8) is 0 Å². The first-order valence-electron chi connectivity index (χ1n) is 8.77. The number of ether oxygens (including phenoxy) is 1. The lowest BCUT2D eigenvalue weighted by atomic mass is 9.84. The van der Waals surface area contributed by atoms with E-state index in [4.69, 9.17) is 4.74 Å². The van der Waals surface area contributed by atoms with Gasteiger partial charge in [0.05, 0.1) is 24.9 Å². The van der Waals surface area contributed by atoms with Crippen molar-refractivity contribution in [3.05, 3.63) is 0 Å². The zero-order valence-corrected chi connectivity index (χ0v) is 12.9. The van der Waals surface area contributed by atoms with Crippen LogP contribution in [-0.2, 0) is 4.74 Å². The van der Waals surface area contributed by atoms with E-state index in [-0.39, 0.29) is 12.1 Å². The molecule has 0 aliphatic heterocycles. The van der Waals surface area contributed by atoms with Crippen LogP contribution in [0.4, 0.5) is 0 Å². The largest absolute Gasteiger partial charge is 0.394 e. The van der Waals surface area contributed by atoms with Crippen molar-refractivity contribution in [2.45, 2.75) is 82.4 Å². The Bertz CT molecular complexity index is 314. The molecule has 0 aromatic rings. The number of nitrogens with one attached hydrogen (secondary N) is 1. The zero-order valence-electron chi connectivity index (χ0n) is 12.9. The molecule has 0 saturated heterocycles. The molecular weight excluding hydrogens is 250 g/mol. The minimum absolute atomic E-state index is 0.142. The highest BCUT2D eigenvalue weighted by Gasteiger charge is 2.48. The summed E-state index contributed by atoms with van der Waals surface area (Å²) >= 11 is 0. The lowest BCUT2D eigenvalue weighted by molar-refractivity contribution is -0.0572. The first-order chi connectivity index (χ1) is 9.77. The van der Waals surface area contributed by atoms with Crippen LogP contribution in [0.2, 0.25) is 0 Å². The fourth-order valence-electron chi connectivity index (χ4n) is 3.88. The fourth-order valence-corrected chi connectivity index (χ4v) is 3.88. The highest BCUT2D eigenvalue weighted by Crippen LogP contribution is 2.42. The van der Waals surface area contributed by atoms with Crippen LogP contribution >= 0.6 is 0 Å². The van der Waals surface area contributed by atoms with E-state index in [1.807, 2.05) is 0 Å². The highest BCUT2D eigenvalue weighted by molar-refractivity contribution is 5.04. The van der Waals surface area contributed by atoms with Crippen LogP contribution in [0.15, 0.2) is 0 Å². The van der Waals surface area contributed by atoms with Crippen LogP contribution < -0.4 is 5.32 Å². The summed E-state index contributed by atoms with van der Waals surface area (Å²) in [6, 6.07) is 0.639. The van der Waals surface area contributed by atoms with Crippen molar-refractivity contribution in [2.24, 2.45) is 11.8 Å². The second-order valence-corrected chi connectivity index (χ2v) is 7.31. The van der Waals surface area contributed by atoms with Gasteiger partial charge in [0.25, 0.3) is 0 Å². The number of aliphatic hydroxyl groups is 1. The molecule has 3 atom stereocenters. The normalized spacial score (nSPS) is 33.9. The van der Waals surface area contributed by atoms with E-state index < -0.39 is 0 Å². The first-order valence-corrected chi connectivity index (χ1v) is 8.77. The van der Waals surface area contributed by atoms with Gasteiger partial charge in [0, 0.05) is 6.04 Å². The van der Waals surface area contributed by atoms with Crippen LogP contribution in [0.5, 0.6) is 0 Å². The summed E-state index contributed by atoms with van der Waals surface area (Å²) in [6.45, 7) is 3.23. The average molecular weight is 281 g/mol. The summed E-state index contributed by atoms with van der Waals surface area (Å²) in [5.41, 5.74) is -0.142. The van der Waals surface area contributed by atoms with Crippen LogP contribution in [-0.4, -0.2) is 36.0 Å². The monoisotopic (exact) mass is 281 g/mol. The van der Waals surface area contributed by atoms with Gasteiger partial charge in [0.1, 0.15) is 0 Å². The first kappa shape index (κ1) is 14.8. The fraction of sp³-hybridized carbons (Fsp3) is 1.00. The third-order valence-electron chi connectivity index (χ3n) is 5.63. The molecule has 116 valence electrons. The number of aliphatic hydroxyl groups excluding tert-OH is 1. The van der Waals surface area contributed by atoms with Gasteiger partial charge in [-0.25, -0.2) is 0 Å². The number of hydrogen-bond acceptors (Lipinski definition) is 3. The summed E-state index contributed by atoms with van der Waals surface area (Å²) in [5, 5.41) is 13.7. The molecule has 3 aliphatic rings.